The third-order valence-electron chi connectivity index (χ3n) is 4.05. The van der Waals surface area contributed by atoms with Crippen molar-refractivity contribution in [3.8, 4) is 5.75 Å². The number of hydrogen-bond acceptors (Lipinski definition) is 7. The number of aromatic nitrogens is 3. The molecular weight excluding hydrogens is 425 g/mol. The summed E-state index contributed by atoms with van der Waals surface area (Å²) < 4.78 is 12.0. The SMILES string of the molecule is COc1ccc2c(Cl)c(C(=O)OCn3nnc4ccccc4c3=O)sc2c1Cl. The van der Waals surface area contributed by atoms with Crippen LogP contribution in [0.3, 0.4) is 0 Å². The molecule has 4 rings (SSSR count). The Bertz CT molecular complexity index is 1290. The molecule has 28 heavy (non-hydrogen) atoms. The largest absolute Gasteiger partial charge is 0.495 e. The van der Waals surface area contributed by atoms with Gasteiger partial charge in [-0.2, -0.15) is 4.68 Å². The first-order valence-corrected chi connectivity index (χ1v) is 9.52. The van der Waals surface area contributed by atoms with Crippen LogP contribution in [0.25, 0.3) is 21.0 Å². The zero-order chi connectivity index (χ0) is 19.8. The van der Waals surface area contributed by atoms with Crippen LogP contribution in [0, 0.1) is 0 Å². The lowest BCUT2D eigenvalue weighted by Gasteiger charge is -2.05. The lowest BCUT2D eigenvalue weighted by atomic mass is 10.2. The quantitative estimate of drug-likeness (QED) is 0.448. The van der Waals surface area contributed by atoms with Crippen molar-refractivity contribution in [1.82, 2.24) is 15.0 Å². The van der Waals surface area contributed by atoms with Crippen molar-refractivity contribution in [1.29, 1.82) is 0 Å². The molecule has 0 saturated heterocycles. The molecule has 142 valence electrons. The Morgan fingerprint density at radius 2 is 1.93 bits per heavy atom. The van der Waals surface area contributed by atoms with E-state index in [0.717, 1.165) is 16.0 Å². The van der Waals surface area contributed by atoms with Crippen LogP contribution >= 0.6 is 34.5 Å². The Balaban J connectivity index is 1.63. The number of ether oxygens (including phenoxy) is 2. The molecule has 0 bridgehead atoms. The summed E-state index contributed by atoms with van der Waals surface area (Å²) in [5, 5.41) is 9.32. The van der Waals surface area contributed by atoms with Gasteiger partial charge < -0.3 is 9.47 Å². The van der Waals surface area contributed by atoms with Crippen molar-refractivity contribution in [3.63, 3.8) is 0 Å². The van der Waals surface area contributed by atoms with E-state index in [2.05, 4.69) is 10.3 Å². The number of fused-ring (bicyclic) bond motifs is 2. The first-order chi connectivity index (χ1) is 13.5. The van der Waals surface area contributed by atoms with Crippen molar-refractivity contribution < 1.29 is 14.3 Å². The number of carbonyl (C=O) groups is 1. The molecule has 4 aromatic rings. The maximum atomic E-state index is 12.5. The average molecular weight is 436 g/mol. The number of thiophene rings is 1. The lowest BCUT2D eigenvalue weighted by Crippen LogP contribution is -2.26. The minimum atomic E-state index is -0.692. The molecule has 10 heteroatoms. The third-order valence-corrected chi connectivity index (χ3v) is 6.25. The molecule has 0 aliphatic rings. The molecule has 0 atom stereocenters. The zero-order valence-corrected chi connectivity index (χ0v) is 16.6. The van der Waals surface area contributed by atoms with E-state index in [1.165, 1.54) is 7.11 Å². The van der Waals surface area contributed by atoms with E-state index < -0.39 is 18.3 Å². The van der Waals surface area contributed by atoms with Gasteiger partial charge >= 0.3 is 5.97 Å². The van der Waals surface area contributed by atoms with Gasteiger partial charge in [0, 0.05) is 5.39 Å². The second-order valence-electron chi connectivity index (χ2n) is 5.68. The predicted molar refractivity (Wildman–Crippen MR) is 108 cm³/mol. The van der Waals surface area contributed by atoms with Crippen LogP contribution < -0.4 is 10.3 Å². The molecule has 2 aromatic carbocycles. The molecule has 2 aromatic heterocycles. The van der Waals surface area contributed by atoms with Crippen molar-refractivity contribution in [3.05, 3.63) is 61.7 Å². The maximum absolute atomic E-state index is 12.5. The number of benzene rings is 2. The highest BCUT2D eigenvalue weighted by Gasteiger charge is 2.22. The number of hydrogen-bond donors (Lipinski definition) is 0. The third kappa shape index (κ3) is 3.09. The smallest absolute Gasteiger partial charge is 0.351 e. The maximum Gasteiger partial charge on any atom is 0.351 e. The fraction of sp³-hybridized carbons (Fsp3) is 0.111. The molecule has 0 fully saturated rings. The van der Waals surface area contributed by atoms with Crippen molar-refractivity contribution in [2.75, 3.05) is 7.11 Å². The van der Waals surface area contributed by atoms with Crippen LogP contribution in [-0.2, 0) is 11.5 Å². The number of carbonyl (C=O) groups excluding carboxylic acids is 1. The summed E-state index contributed by atoms with van der Waals surface area (Å²) in [4.78, 5) is 25.1. The second kappa shape index (κ2) is 7.38. The predicted octanol–water partition coefficient (Wildman–Crippen LogP) is 4.14. The van der Waals surface area contributed by atoms with Gasteiger partial charge in [-0.15, -0.1) is 16.4 Å². The van der Waals surface area contributed by atoms with E-state index in [9.17, 15) is 9.59 Å². The first-order valence-electron chi connectivity index (χ1n) is 7.95. The standard InChI is InChI=1S/C18H11Cl2N3O4S/c1-26-12-7-6-10-13(19)16(28-15(10)14(12)20)18(25)27-8-23-17(24)9-4-2-3-5-11(9)21-22-23/h2-7H,8H2,1H3. The van der Waals surface area contributed by atoms with Crippen LogP contribution in [0.5, 0.6) is 5.75 Å². The van der Waals surface area contributed by atoms with Crippen LogP contribution in [-0.4, -0.2) is 28.1 Å². The van der Waals surface area contributed by atoms with Crippen LogP contribution in [0.15, 0.2) is 41.2 Å². The topological polar surface area (TPSA) is 83.3 Å². The second-order valence-corrected chi connectivity index (χ2v) is 7.45. The summed E-state index contributed by atoms with van der Waals surface area (Å²) >= 11 is 13.7. The van der Waals surface area contributed by atoms with E-state index in [1.807, 2.05) is 0 Å². The first kappa shape index (κ1) is 18.7. The van der Waals surface area contributed by atoms with Gasteiger partial charge in [-0.25, -0.2) is 4.79 Å². The average Bonchev–Trinajstić information content (AvgIpc) is 3.05. The molecule has 0 radical (unpaired) electrons. The number of rotatable bonds is 4. The fourth-order valence-corrected chi connectivity index (χ4v) is 4.44. The van der Waals surface area contributed by atoms with Gasteiger partial charge in [0.15, 0.2) is 6.73 Å². The molecular formula is C18H11Cl2N3O4S. The molecule has 0 aliphatic heterocycles. The zero-order valence-electron chi connectivity index (χ0n) is 14.3. The van der Waals surface area contributed by atoms with Gasteiger partial charge in [-0.3, -0.25) is 4.79 Å². The fourth-order valence-electron chi connectivity index (χ4n) is 2.66. The summed E-state index contributed by atoms with van der Waals surface area (Å²) in [7, 11) is 1.50. The van der Waals surface area contributed by atoms with Crippen LogP contribution in [0.4, 0.5) is 0 Å². The lowest BCUT2D eigenvalue weighted by molar-refractivity contribution is 0.0342. The summed E-state index contributed by atoms with van der Waals surface area (Å²) in [6.45, 7) is -0.392. The number of esters is 1. The van der Waals surface area contributed by atoms with E-state index in [4.69, 9.17) is 32.7 Å². The summed E-state index contributed by atoms with van der Waals surface area (Å²) in [6.07, 6.45) is 0. The van der Waals surface area contributed by atoms with Crippen molar-refractivity contribution >= 4 is 61.5 Å². The normalized spacial score (nSPS) is 11.1. The van der Waals surface area contributed by atoms with Gasteiger partial charge in [0.25, 0.3) is 5.56 Å². The Hall–Kier alpha value is -2.68. The number of halogens is 2. The Kier molecular flexibility index (Phi) is 4.92. The van der Waals surface area contributed by atoms with Gasteiger partial charge in [0.1, 0.15) is 21.2 Å². The van der Waals surface area contributed by atoms with Crippen LogP contribution in [0.2, 0.25) is 10.0 Å². The molecule has 0 unspecified atom stereocenters. The highest BCUT2D eigenvalue weighted by molar-refractivity contribution is 7.22. The molecule has 2 heterocycles. The summed E-state index contributed by atoms with van der Waals surface area (Å²) in [6, 6.07) is 10.2. The number of methoxy groups -OCH3 is 1. The summed E-state index contributed by atoms with van der Waals surface area (Å²) in [5.41, 5.74) is 0.0554. The molecule has 0 aliphatic carbocycles. The van der Waals surface area contributed by atoms with Crippen molar-refractivity contribution in [2.24, 2.45) is 0 Å². The molecule has 7 nitrogen and oxygen atoms in total. The van der Waals surface area contributed by atoms with Crippen LogP contribution in [0.1, 0.15) is 9.67 Å². The molecule has 0 spiro atoms. The molecule has 0 saturated carbocycles. The van der Waals surface area contributed by atoms with Crippen molar-refractivity contribution in [2.45, 2.75) is 6.73 Å². The highest BCUT2D eigenvalue weighted by atomic mass is 35.5. The van der Waals surface area contributed by atoms with E-state index in [-0.39, 0.29) is 9.90 Å². The van der Waals surface area contributed by atoms with Gasteiger partial charge in [0.05, 0.1) is 22.2 Å². The summed E-state index contributed by atoms with van der Waals surface area (Å²) in [5.74, 6) is -0.215. The Morgan fingerprint density at radius 1 is 1.14 bits per heavy atom. The van der Waals surface area contributed by atoms with Gasteiger partial charge in [-0.05, 0) is 24.3 Å². The van der Waals surface area contributed by atoms with Gasteiger partial charge in [-0.1, -0.05) is 40.5 Å². The number of nitrogens with zero attached hydrogens (tertiary/aromatic N) is 3. The Morgan fingerprint density at radius 3 is 2.71 bits per heavy atom. The minimum absolute atomic E-state index is 0.175. The Labute approximate surface area is 172 Å². The monoisotopic (exact) mass is 435 g/mol. The highest BCUT2D eigenvalue weighted by Crippen LogP contribution is 2.43. The van der Waals surface area contributed by atoms with E-state index in [1.54, 1.807) is 36.4 Å². The molecule has 0 N–H and O–H groups in total. The van der Waals surface area contributed by atoms with Gasteiger partial charge in [0.2, 0.25) is 0 Å². The molecule has 0 amide bonds. The van der Waals surface area contributed by atoms with E-state index >= 15 is 0 Å². The minimum Gasteiger partial charge on any atom is -0.495 e. The van der Waals surface area contributed by atoms with E-state index in [0.29, 0.717) is 31.8 Å².